The summed E-state index contributed by atoms with van der Waals surface area (Å²) >= 11 is 0. The first-order chi connectivity index (χ1) is 8.28. The molecule has 96 valence electrons. The molecule has 0 N–H and O–H groups in total. The predicted molar refractivity (Wildman–Crippen MR) is 72.0 cm³/mol. The largest absolute Gasteiger partial charge is 0.377 e. The Morgan fingerprint density at radius 3 is 2.39 bits per heavy atom. The molecule has 2 amide bonds. The van der Waals surface area contributed by atoms with Crippen LogP contribution >= 0.6 is 0 Å². The van der Waals surface area contributed by atoms with Crippen molar-refractivity contribution in [2.24, 2.45) is 0 Å². The Morgan fingerprint density at radius 2 is 1.89 bits per heavy atom. The summed E-state index contributed by atoms with van der Waals surface area (Å²) in [5, 5.41) is 0. The van der Waals surface area contributed by atoms with Crippen LogP contribution in [0.4, 0.5) is 11.4 Å². The molecule has 0 aliphatic carbocycles. The van der Waals surface area contributed by atoms with Crippen LogP contribution in [-0.2, 0) is 15.0 Å². The van der Waals surface area contributed by atoms with Crippen molar-refractivity contribution in [3.8, 4) is 0 Å². The van der Waals surface area contributed by atoms with Crippen LogP contribution in [0, 0.1) is 0 Å². The van der Waals surface area contributed by atoms with Gasteiger partial charge in [-0.1, -0.05) is 6.07 Å². The minimum atomic E-state index is -0.665. The van der Waals surface area contributed by atoms with Gasteiger partial charge < -0.3 is 4.90 Å². The molecule has 4 nitrogen and oxygen atoms in total. The highest BCUT2D eigenvalue weighted by atomic mass is 16.2. The Bertz CT molecular complexity index is 533. The average molecular weight is 246 g/mol. The Morgan fingerprint density at radius 1 is 1.28 bits per heavy atom. The Hall–Kier alpha value is -1.84. The van der Waals surface area contributed by atoms with Gasteiger partial charge in [0.1, 0.15) is 0 Å². The molecule has 0 fully saturated rings. The lowest BCUT2D eigenvalue weighted by Crippen LogP contribution is -2.39. The zero-order chi connectivity index (χ0) is 13.7. The zero-order valence-electron chi connectivity index (χ0n) is 11.4. The van der Waals surface area contributed by atoms with E-state index in [1.54, 1.807) is 0 Å². The lowest BCUT2D eigenvalue weighted by molar-refractivity contribution is -0.127. The number of carbonyl (C=O) groups excluding carboxylic acids is 2. The van der Waals surface area contributed by atoms with Crippen molar-refractivity contribution in [3.05, 3.63) is 23.8 Å². The lowest BCUT2D eigenvalue weighted by atomic mass is 9.85. The van der Waals surface area contributed by atoms with Crippen molar-refractivity contribution in [3.63, 3.8) is 0 Å². The summed E-state index contributed by atoms with van der Waals surface area (Å²) in [5.41, 5.74) is 1.95. The third-order valence-corrected chi connectivity index (χ3v) is 3.42. The standard InChI is InChI=1S/C14H18N2O2/c1-9(17)16-11-8-6-7-10(15(4)5)12(11)14(2,3)13(16)18/h6-8H,1-5H3. The van der Waals surface area contributed by atoms with Gasteiger partial charge in [0.25, 0.3) is 0 Å². The molecular weight excluding hydrogens is 228 g/mol. The van der Waals surface area contributed by atoms with Gasteiger partial charge in [-0.15, -0.1) is 0 Å². The summed E-state index contributed by atoms with van der Waals surface area (Å²) in [6.07, 6.45) is 0. The molecule has 1 aliphatic heterocycles. The molecule has 0 spiro atoms. The third-order valence-electron chi connectivity index (χ3n) is 3.42. The van der Waals surface area contributed by atoms with Gasteiger partial charge in [0.05, 0.1) is 11.1 Å². The zero-order valence-corrected chi connectivity index (χ0v) is 11.4. The van der Waals surface area contributed by atoms with Gasteiger partial charge in [-0.2, -0.15) is 0 Å². The summed E-state index contributed by atoms with van der Waals surface area (Å²) in [6, 6.07) is 5.67. The minimum Gasteiger partial charge on any atom is -0.377 e. The molecule has 2 rings (SSSR count). The number of rotatable bonds is 1. The van der Waals surface area contributed by atoms with E-state index in [-0.39, 0.29) is 11.8 Å². The minimum absolute atomic E-state index is 0.153. The summed E-state index contributed by atoms with van der Waals surface area (Å²) < 4.78 is 0. The molecule has 1 heterocycles. The Labute approximate surface area is 107 Å². The van der Waals surface area contributed by atoms with Gasteiger partial charge in [-0.3, -0.25) is 9.59 Å². The van der Waals surface area contributed by atoms with E-state index in [0.29, 0.717) is 5.69 Å². The SMILES string of the molecule is CC(=O)N1C(=O)C(C)(C)c2c(N(C)C)cccc21. The maximum Gasteiger partial charge on any atom is 0.244 e. The van der Waals surface area contributed by atoms with Crippen LogP contribution in [0.2, 0.25) is 0 Å². The van der Waals surface area contributed by atoms with E-state index in [9.17, 15) is 9.59 Å². The van der Waals surface area contributed by atoms with Gasteiger partial charge >= 0.3 is 0 Å². The number of hydrogen-bond donors (Lipinski definition) is 0. The topological polar surface area (TPSA) is 40.6 Å². The molecule has 0 saturated carbocycles. The molecule has 1 aromatic carbocycles. The van der Waals surface area contributed by atoms with Crippen molar-refractivity contribution in [2.45, 2.75) is 26.2 Å². The number of benzene rings is 1. The fraction of sp³-hybridized carbons (Fsp3) is 0.429. The second-order valence-corrected chi connectivity index (χ2v) is 5.35. The smallest absolute Gasteiger partial charge is 0.244 e. The van der Waals surface area contributed by atoms with Gasteiger partial charge in [0.15, 0.2) is 0 Å². The van der Waals surface area contributed by atoms with Crippen molar-refractivity contribution in [1.82, 2.24) is 0 Å². The van der Waals surface area contributed by atoms with E-state index >= 15 is 0 Å². The van der Waals surface area contributed by atoms with Gasteiger partial charge in [0, 0.05) is 32.3 Å². The molecule has 0 aromatic heterocycles. The highest BCUT2D eigenvalue weighted by molar-refractivity contribution is 6.22. The van der Waals surface area contributed by atoms with Crippen LogP contribution in [-0.4, -0.2) is 25.9 Å². The Balaban J connectivity index is 2.75. The number of nitrogens with zero attached hydrogens (tertiary/aromatic N) is 2. The summed E-state index contributed by atoms with van der Waals surface area (Å²) in [6.45, 7) is 5.15. The van der Waals surface area contributed by atoms with Gasteiger partial charge in [-0.25, -0.2) is 4.90 Å². The quantitative estimate of drug-likeness (QED) is 0.760. The van der Waals surface area contributed by atoms with E-state index in [1.807, 2.05) is 51.0 Å². The highest BCUT2D eigenvalue weighted by Crippen LogP contribution is 2.46. The monoisotopic (exact) mass is 246 g/mol. The van der Waals surface area contributed by atoms with Gasteiger partial charge in [0.2, 0.25) is 11.8 Å². The molecule has 0 saturated heterocycles. The number of imide groups is 1. The van der Waals surface area contributed by atoms with Crippen molar-refractivity contribution in [1.29, 1.82) is 0 Å². The molecule has 1 aromatic rings. The summed E-state index contributed by atoms with van der Waals surface area (Å²) in [5.74, 6) is -0.387. The van der Waals surface area contributed by atoms with Crippen LogP contribution in [0.25, 0.3) is 0 Å². The average Bonchev–Trinajstić information content (AvgIpc) is 2.47. The second-order valence-electron chi connectivity index (χ2n) is 5.35. The van der Waals surface area contributed by atoms with Crippen molar-refractivity contribution < 1.29 is 9.59 Å². The van der Waals surface area contributed by atoms with E-state index < -0.39 is 5.41 Å². The normalized spacial score (nSPS) is 16.7. The van der Waals surface area contributed by atoms with Gasteiger partial charge in [-0.05, 0) is 26.0 Å². The van der Waals surface area contributed by atoms with Crippen LogP contribution in [0.3, 0.4) is 0 Å². The van der Waals surface area contributed by atoms with E-state index in [4.69, 9.17) is 0 Å². The van der Waals surface area contributed by atoms with Crippen LogP contribution in [0.1, 0.15) is 26.3 Å². The fourth-order valence-corrected chi connectivity index (χ4v) is 2.54. The highest BCUT2D eigenvalue weighted by Gasteiger charge is 2.47. The van der Waals surface area contributed by atoms with Crippen LogP contribution in [0.5, 0.6) is 0 Å². The van der Waals surface area contributed by atoms with E-state index in [0.717, 1.165) is 11.3 Å². The first-order valence-electron chi connectivity index (χ1n) is 5.94. The second kappa shape index (κ2) is 3.83. The Kier molecular flexibility index (Phi) is 2.69. The molecule has 0 atom stereocenters. The molecular formula is C14H18N2O2. The molecule has 18 heavy (non-hydrogen) atoms. The molecule has 0 radical (unpaired) electrons. The molecule has 1 aliphatic rings. The maximum atomic E-state index is 12.4. The summed E-state index contributed by atoms with van der Waals surface area (Å²) in [4.78, 5) is 27.3. The number of hydrogen-bond acceptors (Lipinski definition) is 3. The van der Waals surface area contributed by atoms with Crippen LogP contribution in [0.15, 0.2) is 18.2 Å². The summed E-state index contributed by atoms with van der Waals surface area (Å²) in [7, 11) is 3.87. The van der Waals surface area contributed by atoms with Crippen molar-refractivity contribution >= 4 is 23.2 Å². The molecule has 0 unspecified atom stereocenters. The number of fused-ring (bicyclic) bond motifs is 1. The molecule has 0 bridgehead atoms. The first kappa shape index (κ1) is 12.6. The van der Waals surface area contributed by atoms with Crippen molar-refractivity contribution in [2.75, 3.05) is 23.9 Å². The number of carbonyl (C=O) groups is 2. The fourth-order valence-electron chi connectivity index (χ4n) is 2.54. The van der Waals surface area contributed by atoms with E-state index in [1.165, 1.54) is 11.8 Å². The lowest BCUT2D eigenvalue weighted by Gasteiger charge is -2.23. The molecule has 4 heteroatoms. The number of anilines is 2. The number of amides is 2. The van der Waals surface area contributed by atoms with E-state index in [2.05, 4.69) is 0 Å². The predicted octanol–water partition coefficient (Wildman–Crippen LogP) is 1.92. The first-order valence-corrected chi connectivity index (χ1v) is 5.94. The third kappa shape index (κ3) is 1.52. The van der Waals surface area contributed by atoms with Crippen LogP contribution < -0.4 is 9.80 Å². The maximum absolute atomic E-state index is 12.4.